The molecule has 1 aliphatic rings. The van der Waals surface area contributed by atoms with Crippen molar-refractivity contribution in [2.45, 2.75) is 39.0 Å². The minimum Gasteiger partial charge on any atom is -0.497 e. The van der Waals surface area contributed by atoms with Crippen molar-refractivity contribution in [2.75, 3.05) is 26.7 Å². The molecule has 1 aromatic rings. The van der Waals surface area contributed by atoms with Crippen molar-refractivity contribution < 1.29 is 4.74 Å². The van der Waals surface area contributed by atoms with Gasteiger partial charge >= 0.3 is 0 Å². The van der Waals surface area contributed by atoms with E-state index in [2.05, 4.69) is 42.8 Å². The van der Waals surface area contributed by atoms with Crippen LogP contribution in [0.2, 0.25) is 0 Å². The third kappa shape index (κ3) is 5.55. The van der Waals surface area contributed by atoms with Gasteiger partial charge in [-0.1, -0.05) is 32.9 Å². The fourth-order valence-corrected chi connectivity index (χ4v) is 2.75. The van der Waals surface area contributed by atoms with Gasteiger partial charge < -0.3 is 15.4 Å². The van der Waals surface area contributed by atoms with E-state index in [1.807, 2.05) is 12.1 Å². The number of aliphatic imine (C=N–C) groups is 1. The standard InChI is InChI=1S/C18H29N3O.HI/c1-14-8-10-21(11-9-14)17(19)20-13-18(2,3)15-6-5-7-16(12-15)22-4;/h5-7,12,14H,8-11,13H2,1-4H3,(H2,19,20);1H. The number of hydrogen-bond acceptors (Lipinski definition) is 2. The van der Waals surface area contributed by atoms with Gasteiger partial charge in [-0.2, -0.15) is 0 Å². The highest BCUT2D eigenvalue weighted by Gasteiger charge is 2.22. The first-order valence-corrected chi connectivity index (χ1v) is 8.12. The Kier molecular flexibility index (Phi) is 7.64. The maximum Gasteiger partial charge on any atom is 0.191 e. The van der Waals surface area contributed by atoms with E-state index in [4.69, 9.17) is 10.5 Å². The van der Waals surface area contributed by atoms with Crippen molar-refractivity contribution in [1.82, 2.24) is 4.90 Å². The number of hydrogen-bond donors (Lipinski definition) is 1. The van der Waals surface area contributed by atoms with Crippen LogP contribution in [0.15, 0.2) is 29.3 Å². The fourth-order valence-electron chi connectivity index (χ4n) is 2.75. The Labute approximate surface area is 157 Å². The van der Waals surface area contributed by atoms with Crippen LogP contribution in [0.25, 0.3) is 0 Å². The van der Waals surface area contributed by atoms with Gasteiger partial charge in [-0.3, -0.25) is 4.99 Å². The molecule has 0 aromatic heterocycles. The molecule has 0 amide bonds. The highest BCUT2D eigenvalue weighted by atomic mass is 127. The van der Waals surface area contributed by atoms with Crippen LogP contribution in [0.5, 0.6) is 5.75 Å². The number of likely N-dealkylation sites (tertiary alicyclic amines) is 1. The van der Waals surface area contributed by atoms with Gasteiger partial charge in [0.2, 0.25) is 0 Å². The molecule has 130 valence electrons. The van der Waals surface area contributed by atoms with Crippen molar-refractivity contribution in [1.29, 1.82) is 0 Å². The predicted octanol–water partition coefficient (Wildman–Crippen LogP) is 3.64. The van der Waals surface area contributed by atoms with E-state index in [1.165, 1.54) is 18.4 Å². The monoisotopic (exact) mass is 431 g/mol. The van der Waals surface area contributed by atoms with Crippen LogP contribution < -0.4 is 10.5 Å². The minimum atomic E-state index is -0.0672. The lowest BCUT2D eigenvalue weighted by atomic mass is 9.84. The predicted molar refractivity (Wildman–Crippen MR) is 108 cm³/mol. The molecule has 1 aromatic carbocycles. The van der Waals surface area contributed by atoms with E-state index in [-0.39, 0.29) is 29.4 Å². The van der Waals surface area contributed by atoms with Gasteiger partial charge in [0.25, 0.3) is 0 Å². The first kappa shape index (κ1) is 20.1. The Balaban J connectivity index is 0.00000264. The third-order valence-corrected chi connectivity index (χ3v) is 4.60. The van der Waals surface area contributed by atoms with Crippen LogP contribution in [-0.4, -0.2) is 37.6 Å². The van der Waals surface area contributed by atoms with E-state index < -0.39 is 0 Å². The number of guanidine groups is 1. The summed E-state index contributed by atoms with van der Waals surface area (Å²) in [5, 5.41) is 0. The summed E-state index contributed by atoms with van der Waals surface area (Å²) in [6.07, 6.45) is 2.41. The van der Waals surface area contributed by atoms with Gasteiger partial charge in [-0.25, -0.2) is 0 Å². The Morgan fingerprint density at radius 3 is 2.61 bits per heavy atom. The topological polar surface area (TPSA) is 50.9 Å². The summed E-state index contributed by atoms with van der Waals surface area (Å²) in [5.74, 6) is 2.37. The maximum atomic E-state index is 6.19. The Bertz CT molecular complexity index is 523. The fraction of sp³-hybridized carbons (Fsp3) is 0.611. The molecule has 1 saturated heterocycles. The van der Waals surface area contributed by atoms with Crippen LogP contribution in [0.4, 0.5) is 0 Å². The van der Waals surface area contributed by atoms with Crippen molar-refractivity contribution in [3.63, 3.8) is 0 Å². The molecule has 0 unspecified atom stereocenters. The highest BCUT2D eigenvalue weighted by molar-refractivity contribution is 14.0. The van der Waals surface area contributed by atoms with Crippen LogP contribution >= 0.6 is 24.0 Å². The summed E-state index contributed by atoms with van der Waals surface area (Å²) >= 11 is 0. The summed E-state index contributed by atoms with van der Waals surface area (Å²) in [6, 6.07) is 8.19. The Hall–Kier alpha value is -0.980. The lowest BCUT2D eigenvalue weighted by Gasteiger charge is -2.32. The normalized spacial score (nSPS) is 16.9. The van der Waals surface area contributed by atoms with E-state index in [0.717, 1.165) is 24.8 Å². The molecule has 0 spiro atoms. The van der Waals surface area contributed by atoms with Crippen molar-refractivity contribution >= 4 is 29.9 Å². The summed E-state index contributed by atoms with van der Waals surface area (Å²) in [6.45, 7) is 9.41. The number of rotatable bonds is 4. The third-order valence-electron chi connectivity index (χ3n) is 4.60. The second-order valence-electron chi connectivity index (χ2n) is 6.96. The van der Waals surface area contributed by atoms with Crippen LogP contribution in [-0.2, 0) is 5.41 Å². The zero-order valence-corrected chi connectivity index (χ0v) is 17.0. The van der Waals surface area contributed by atoms with E-state index in [1.54, 1.807) is 7.11 Å². The summed E-state index contributed by atoms with van der Waals surface area (Å²) in [4.78, 5) is 6.87. The molecule has 23 heavy (non-hydrogen) atoms. The second-order valence-corrected chi connectivity index (χ2v) is 6.96. The van der Waals surface area contributed by atoms with Gasteiger partial charge in [-0.15, -0.1) is 24.0 Å². The number of methoxy groups -OCH3 is 1. The number of halogens is 1. The Morgan fingerprint density at radius 1 is 1.35 bits per heavy atom. The average Bonchev–Trinajstić information content (AvgIpc) is 2.53. The highest BCUT2D eigenvalue weighted by Crippen LogP contribution is 2.27. The summed E-state index contributed by atoms with van der Waals surface area (Å²) < 4.78 is 5.31. The zero-order chi connectivity index (χ0) is 16.2. The molecule has 2 N–H and O–H groups in total. The summed E-state index contributed by atoms with van der Waals surface area (Å²) in [5.41, 5.74) is 7.34. The lowest BCUT2D eigenvalue weighted by molar-refractivity contribution is 0.277. The molecule has 1 aliphatic heterocycles. The molecule has 2 rings (SSSR count). The smallest absolute Gasteiger partial charge is 0.191 e. The van der Waals surface area contributed by atoms with E-state index in [9.17, 15) is 0 Å². The number of nitrogens with two attached hydrogens (primary N) is 1. The van der Waals surface area contributed by atoms with Crippen molar-refractivity contribution in [3.8, 4) is 5.75 Å². The quantitative estimate of drug-likeness (QED) is 0.450. The molecule has 0 saturated carbocycles. The second kappa shape index (κ2) is 8.76. The molecule has 0 radical (unpaired) electrons. The van der Waals surface area contributed by atoms with Gasteiger partial charge in [0.15, 0.2) is 5.96 Å². The van der Waals surface area contributed by atoms with Crippen LogP contribution in [0.1, 0.15) is 39.2 Å². The van der Waals surface area contributed by atoms with E-state index in [0.29, 0.717) is 12.5 Å². The SMILES string of the molecule is COc1cccc(C(C)(C)CN=C(N)N2CCC(C)CC2)c1.I. The van der Waals surface area contributed by atoms with Crippen molar-refractivity contribution in [2.24, 2.45) is 16.6 Å². The molecule has 5 heteroatoms. The van der Waals surface area contributed by atoms with Crippen LogP contribution in [0.3, 0.4) is 0 Å². The van der Waals surface area contributed by atoms with Gasteiger partial charge in [0.05, 0.1) is 13.7 Å². The largest absolute Gasteiger partial charge is 0.497 e. The van der Waals surface area contributed by atoms with E-state index >= 15 is 0 Å². The number of ether oxygens (including phenoxy) is 1. The van der Waals surface area contributed by atoms with Gasteiger partial charge in [0, 0.05) is 18.5 Å². The molecule has 4 nitrogen and oxygen atoms in total. The Morgan fingerprint density at radius 2 is 2.00 bits per heavy atom. The molecule has 0 aliphatic carbocycles. The first-order valence-electron chi connectivity index (χ1n) is 8.12. The molecular formula is C18H30IN3O. The van der Waals surface area contributed by atoms with Crippen LogP contribution in [0, 0.1) is 5.92 Å². The lowest BCUT2D eigenvalue weighted by Crippen LogP contribution is -2.43. The minimum absolute atomic E-state index is 0. The van der Waals surface area contributed by atoms with Gasteiger partial charge in [-0.05, 0) is 36.5 Å². The molecule has 1 heterocycles. The molecule has 0 bridgehead atoms. The van der Waals surface area contributed by atoms with Gasteiger partial charge in [0.1, 0.15) is 5.75 Å². The number of nitrogens with zero attached hydrogens (tertiary/aromatic N) is 2. The summed E-state index contributed by atoms with van der Waals surface area (Å²) in [7, 11) is 1.69. The molecule has 1 fully saturated rings. The molecule has 0 atom stereocenters. The molecular weight excluding hydrogens is 401 g/mol. The first-order chi connectivity index (χ1) is 10.4. The number of piperidine rings is 1. The zero-order valence-electron chi connectivity index (χ0n) is 14.7. The van der Waals surface area contributed by atoms with Crippen molar-refractivity contribution in [3.05, 3.63) is 29.8 Å². The number of benzene rings is 1. The average molecular weight is 431 g/mol. The maximum absolute atomic E-state index is 6.19.